The number of aromatic nitrogens is 2. The Balaban J connectivity index is 1.77. The third-order valence-corrected chi connectivity index (χ3v) is 4.44. The quantitative estimate of drug-likeness (QED) is 0.498. The number of halogens is 1. The maximum absolute atomic E-state index is 12.8. The van der Waals surface area contributed by atoms with Gasteiger partial charge >= 0.3 is 11.6 Å². The molecule has 0 saturated carbocycles. The summed E-state index contributed by atoms with van der Waals surface area (Å²) in [7, 11) is 0. The molecule has 0 aliphatic rings. The fourth-order valence-electron chi connectivity index (χ4n) is 2.80. The molecule has 0 atom stereocenters. The third kappa shape index (κ3) is 3.48. The fraction of sp³-hybridized carbons (Fsp3) is 0. The van der Waals surface area contributed by atoms with Crippen molar-refractivity contribution in [1.29, 1.82) is 0 Å². The van der Waals surface area contributed by atoms with E-state index < -0.39 is 17.5 Å². The van der Waals surface area contributed by atoms with Crippen molar-refractivity contribution in [3.8, 4) is 5.69 Å². The van der Waals surface area contributed by atoms with Gasteiger partial charge in [0.15, 0.2) is 5.82 Å². The van der Waals surface area contributed by atoms with E-state index in [0.717, 1.165) is 6.20 Å². The molecule has 0 bridgehead atoms. The Labute approximate surface area is 168 Å². The lowest BCUT2D eigenvalue weighted by Gasteiger charge is -2.10. The SMILES string of the molecule is O=C(O)c1cnn(-c2ccc(Cl)cc2)c1NC(=O)c1cc2ccccc2oc1=O. The van der Waals surface area contributed by atoms with Crippen molar-refractivity contribution in [2.45, 2.75) is 0 Å². The number of carbonyl (C=O) groups excluding carboxylic acids is 1. The van der Waals surface area contributed by atoms with Crippen LogP contribution in [0, 0.1) is 0 Å². The van der Waals surface area contributed by atoms with Crippen LogP contribution in [0.5, 0.6) is 0 Å². The molecular weight excluding hydrogens is 398 g/mol. The summed E-state index contributed by atoms with van der Waals surface area (Å²) in [6.45, 7) is 0. The molecule has 0 aliphatic heterocycles. The molecule has 0 spiro atoms. The Morgan fingerprint density at radius 3 is 2.52 bits per heavy atom. The Kier molecular flexibility index (Phi) is 4.61. The van der Waals surface area contributed by atoms with Crippen molar-refractivity contribution < 1.29 is 19.1 Å². The highest BCUT2D eigenvalue weighted by atomic mass is 35.5. The molecule has 4 rings (SSSR count). The molecule has 29 heavy (non-hydrogen) atoms. The van der Waals surface area contributed by atoms with Crippen LogP contribution in [0.4, 0.5) is 5.82 Å². The number of carboxylic acid groups (broad SMARTS) is 1. The van der Waals surface area contributed by atoms with Gasteiger partial charge in [0.25, 0.3) is 5.91 Å². The van der Waals surface area contributed by atoms with Gasteiger partial charge in [-0.2, -0.15) is 5.10 Å². The number of aromatic carboxylic acids is 1. The highest BCUT2D eigenvalue weighted by Crippen LogP contribution is 2.23. The molecule has 1 amide bonds. The Morgan fingerprint density at radius 2 is 1.79 bits per heavy atom. The van der Waals surface area contributed by atoms with Crippen LogP contribution in [-0.2, 0) is 0 Å². The number of hydrogen-bond donors (Lipinski definition) is 2. The van der Waals surface area contributed by atoms with Crippen LogP contribution in [0.2, 0.25) is 5.02 Å². The normalized spacial score (nSPS) is 10.8. The van der Waals surface area contributed by atoms with E-state index >= 15 is 0 Å². The van der Waals surface area contributed by atoms with Crippen molar-refractivity contribution in [2.24, 2.45) is 0 Å². The standard InChI is InChI=1S/C20H12ClN3O5/c21-12-5-7-13(8-6-12)24-17(15(10-22-24)19(26)27)23-18(25)14-9-11-3-1-2-4-16(11)29-20(14)28/h1-10H,(H,23,25)(H,26,27). The zero-order valence-electron chi connectivity index (χ0n) is 14.6. The smallest absolute Gasteiger partial charge is 0.349 e. The first-order valence-corrected chi connectivity index (χ1v) is 8.73. The van der Waals surface area contributed by atoms with E-state index in [9.17, 15) is 19.5 Å². The predicted molar refractivity (Wildman–Crippen MR) is 106 cm³/mol. The van der Waals surface area contributed by atoms with E-state index in [1.807, 2.05) is 0 Å². The van der Waals surface area contributed by atoms with Crippen molar-refractivity contribution in [3.05, 3.63) is 87.4 Å². The molecule has 2 N–H and O–H groups in total. The number of amides is 1. The second-order valence-electron chi connectivity index (χ2n) is 6.04. The monoisotopic (exact) mass is 409 g/mol. The minimum atomic E-state index is -1.29. The van der Waals surface area contributed by atoms with Gasteiger partial charge in [0.1, 0.15) is 16.7 Å². The molecule has 0 saturated heterocycles. The summed E-state index contributed by atoms with van der Waals surface area (Å²) >= 11 is 5.89. The number of carboxylic acids is 1. The maximum atomic E-state index is 12.8. The number of fused-ring (bicyclic) bond motifs is 1. The average molecular weight is 410 g/mol. The summed E-state index contributed by atoms with van der Waals surface area (Å²) < 4.78 is 6.41. The number of anilines is 1. The molecule has 0 aliphatic carbocycles. The second kappa shape index (κ2) is 7.25. The van der Waals surface area contributed by atoms with Crippen LogP contribution in [0.1, 0.15) is 20.7 Å². The number of benzene rings is 2. The van der Waals surface area contributed by atoms with Crippen LogP contribution in [0.3, 0.4) is 0 Å². The molecule has 0 fully saturated rings. The van der Waals surface area contributed by atoms with Gasteiger partial charge in [0.2, 0.25) is 0 Å². The van der Waals surface area contributed by atoms with Gasteiger partial charge in [0.05, 0.1) is 11.9 Å². The summed E-state index contributed by atoms with van der Waals surface area (Å²) in [5.41, 5.74) is -0.521. The number of hydrogen-bond acceptors (Lipinski definition) is 5. The average Bonchev–Trinajstić information content (AvgIpc) is 3.11. The van der Waals surface area contributed by atoms with Crippen LogP contribution in [0.15, 0.2) is 70.0 Å². The van der Waals surface area contributed by atoms with Gasteiger partial charge in [-0.15, -0.1) is 0 Å². The topological polar surface area (TPSA) is 114 Å². The van der Waals surface area contributed by atoms with Gasteiger partial charge < -0.3 is 14.8 Å². The fourth-order valence-corrected chi connectivity index (χ4v) is 2.92. The molecule has 9 heteroatoms. The van der Waals surface area contributed by atoms with Crippen LogP contribution in [0.25, 0.3) is 16.7 Å². The lowest BCUT2D eigenvalue weighted by Crippen LogP contribution is -2.23. The summed E-state index contributed by atoms with van der Waals surface area (Å²) in [5, 5.41) is 17.0. The molecule has 2 aromatic carbocycles. The highest BCUT2D eigenvalue weighted by Gasteiger charge is 2.22. The number of nitrogens with zero attached hydrogens (tertiary/aromatic N) is 2. The van der Waals surface area contributed by atoms with Crippen LogP contribution >= 0.6 is 11.6 Å². The first-order valence-electron chi connectivity index (χ1n) is 8.35. The zero-order chi connectivity index (χ0) is 20.5. The molecular formula is C20H12ClN3O5. The summed E-state index contributed by atoms with van der Waals surface area (Å²) in [6.07, 6.45) is 1.11. The van der Waals surface area contributed by atoms with E-state index in [0.29, 0.717) is 21.7 Å². The minimum absolute atomic E-state index is 0.0996. The highest BCUT2D eigenvalue weighted by molar-refractivity contribution is 6.30. The van der Waals surface area contributed by atoms with Gasteiger partial charge in [-0.25, -0.2) is 14.3 Å². The van der Waals surface area contributed by atoms with Crippen LogP contribution < -0.4 is 10.9 Å². The Hall–Kier alpha value is -3.91. The number of para-hydroxylation sites is 1. The zero-order valence-corrected chi connectivity index (χ0v) is 15.4. The molecule has 8 nitrogen and oxygen atoms in total. The van der Waals surface area contributed by atoms with Gasteiger partial charge in [-0.1, -0.05) is 29.8 Å². The van der Waals surface area contributed by atoms with Crippen molar-refractivity contribution in [1.82, 2.24) is 9.78 Å². The maximum Gasteiger partial charge on any atom is 0.349 e. The largest absolute Gasteiger partial charge is 0.477 e. The van der Waals surface area contributed by atoms with E-state index in [4.69, 9.17) is 16.0 Å². The number of carbonyl (C=O) groups is 2. The molecule has 144 valence electrons. The summed E-state index contributed by atoms with van der Waals surface area (Å²) in [6, 6.07) is 14.6. The van der Waals surface area contributed by atoms with E-state index in [2.05, 4.69) is 10.4 Å². The lowest BCUT2D eigenvalue weighted by molar-refractivity contribution is 0.0698. The molecule has 0 unspecified atom stereocenters. The van der Waals surface area contributed by atoms with E-state index in [1.54, 1.807) is 48.5 Å². The molecule has 0 radical (unpaired) electrons. The number of nitrogens with one attached hydrogen (secondary N) is 1. The molecule has 2 aromatic heterocycles. The summed E-state index contributed by atoms with van der Waals surface area (Å²) in [4.78, 5) is 36.6. The predicted octanol–water partition coefficient (Wildman–Crippen LogP) is 3.58. The first-order chi connectivity index (χ1) is 13.9. The third-order valence-electron chi connectivity index (χ3n) is 4.19. The van der Waals surface area contributed by atoms with Crippen molar-refractivity contribution in [2.75, 3.05) is 5.32 Å². The second-order valence-corrected chi connectivity index (χ2v) is 6.48. The number of rotatable bonds is 4. The lowest BCUT2D eigenvalue weighted by atomic mass is 10.2. The van der Waals surface area contributed by atoms with E-state index in [-0.39, 0.29) is 16.9 Å². The van der Waals surface area contributed by atoms with Gasteiger partial charge in [-0.3, -0.25) is 4.79 Å². The van der Waals surface area contributed by atoms with Crippen molar-refractivity contribution in [3.63, 3.8) is 0 Å². The van der Waals surface area contributed by atoms with Crippen LogP contribution in [-0.4, -0.2) is 26.8 Å². The minimum Gasteiger partial charge on any atom is -0.477 e. The Bertz CT molecular complexity index is 1310. The Morgan fingerprint density at radius 1 is 1.07 bits per heavy atom. The van der Waals surface area contributed by atoms with Gasteiger partial charge in [-0.05, 0) is 36.4 Å². The van der Waals surface area contributed by atoms with Gasteiger partial charge in [0, 0.05) is 10.4 Å². The summed E-state index contributed by atoms with van der Waals surface area (Å²) in [5.74, 6) is -2.20. The molecule has 4 aromatic rings. The molecule has 2 heterocycles. The van der Waals surface area contributed by atoms with E-state index in [1.165, 1.54) is 10.7 Å². The first kappa shape index (κ1) is 18.5. The van der Waals surface area contributed by atoms with Crippen molar-refractivity contribution >= 4 is 40.3 Å².